The Kier molecular flexibility index (Phi) is 3.79. The van der Waals surface area contributed by atoms with Crippen molar-refractivity contribution in [3.8, 4) is 0 Å². The predicted octanol–water partition coefficient (Wildman–Crippen LogP) is 4.16. The highest BCUT2D eigenvalue weighted by molar-refractivity contribution is 5.87. The summed E-state index contributed by atoms with van der Waals surface area (Å²) >= 11 is 0. The number of benzene rings is 2. The average Bonchev–Trinajstić information content (AvgIpc) is 2.36. The Morgan fingerprint density at radius 3 is 2.11 bits per heavy atom. The number of carbonyl (C=O) groups is 1. The summed E-state index contributed by atoms with van der Waals surface area (Å²) in [6.07, 6.45) is 0. The summed E-state index contributed by atoms with van der Waals surface area (Å²) in [4.78, 5) is 11.9. The van der Waals surface area contributed by atoms with Gasteiger partial charge in [-0.1, -0.05) is 42.0 Å². The number of hydrogen-bond acceptors (Lipinski definition) is 1. The van der Waals surface area contributed by atoms with Crippen LogP contribution in [0.5, 0.6) is 0 Å². The van der Waals surface area contributed by atoms with E-state index in [1.165, 1.54) is 6.07 Å². The van der Waals surface area contributed by atoms with E-state index in [0.717, 1.165) is 16.7 Å². The molecule has 2 aromatic carbocycles. The minimum Gasteiger partial charge on any atom is -0.299 e. The third-order valence-corrected chi connectivity index (χ3v) is 3.33. The minimum absolute atomic E-state index is 0.0647. The Morgan fingerprint density at radius 1 is 1.00 bits per heavy atom. The van der Waals surface area contributed by atoms with Crippen LogP contribution in [0.2, 0.25) is 0 Å². The molecule has 2 rings (SSSR count). The summed E-state index contributed by atoms with van der Waals surface area (Å²) in [5, 5.41) is 0. The predicted molar refractivity (Wildman–Crippen MR) is 74.8 cm³/mol. The molecule has 0 saturated carbocycles. The normalized spacial score (nSPS) is 12.2. The second kappa shape index (κ2) is 5.35. The van der Waals surface area contributed by atoms with Crippen molar-refractivity contribution in [1.29, 1.82) is 0 Å². The van der Waals surface area contributed by atoms with Crippen molar-refractivity contribution in [1.82, 2.24) is 0 Å². The van der Waals surface area contributed by atoms with E-state index in [2.05, 4.69) is 0 Å². The van der Waals surface area contributed by atoms with Gasteiger partial charge in [-0.2, -0.15) is 0 Å². The lowest BCUT2D eigenvalue weighted by Crippen LogP contribution is -2.11. The third kappa shape index (κ3) is 2.90. The van der Waals surface area contributed by atoms with Crippen molar-refractivity contribution >= 4 is 5.78 Å². The zero-order chi connectivity index (χ0) is 14.0. The van der Waals surface area contributed by atoms with Crippen LogP contribution in [0.25, 0.3) is 0 Å². The molecule has 0 aliphatic carbocycles. The Bertz CT molecular complexity index is 599. The zero-order valence-electron chi connectivity index (χ0n) is 11.4. The van der Waals surface area contributed by atoms with Gasteiger partial charge in [0.15, 0.2) is 0 Å². The fourth-order valence-corrected chi connectivity index (χ4v) is 2.27. The summed E-state index contributed by atoms with van der Waals surface area (Å²) in [6.45, 7) is 5.29. The van der Waals surface area contributed by atoms with Crippen LogP contribution in [0.3, 0.4) is 0 Å². The molecule has 0 heterocycles. The Labute approximate surface area is 113 Å². The van der Waals surface area contributed by atoms with Gasteiger partial charge in [0.25, 0.3) is 0 Å². The van der Waals surface area contributed by atoms with Crippen LogP contribution in [-0.2, 0) is 4.79 Å². The minimum atomic E-state index is -0.320. The summed E-state index contributed by atoms with van der Waals surface area (Å²) in [5.41, 5.74) is 3.51. The Hall–Kier alpha value is -1.96. The first-order chi connectivity index (χ1) is 8.99. The lowest BCUT2D eigenvalue weighted by Gasteiger charge is -2.16. The smallest absolute Gasteiger partial charge is 0.141 e. The Morgan fingerprint density at radius 2 is 1.58 bits per heavy atom. The number of ketones is 1. The third-order valence-electron chi connectivity index (χ3n) is 3.33. The maximum atomic E-state index is 13.3. The van der Waals surface area contributed by atoms with Gasteiger partial charge in [-0.25, -0.2) is 4.39 Å². The monoisotopic (exact) mass is 256 g/mol. The molecule has 0 radical (unpaired) electrons. The van der Waals surface area contributed by atoms with Crippen LogP contribution in [0.1, 0.15) is 35.1 Å². The number of halogens is 1. The van der Waals surface area contributed by atoms with E-state index in [-0.39, 0.29) is 17.5 Å². The van der Waals surface area contributed by atoms with Gasteiger partial charge in [-0.15, -0.1) is 0 Å². The van der Waals surface area contributed by atoms with E-state index < -0.39 is 0 Å². The molecule has 2 heteroatoms. The lowest BCUT2D eigenvalue weighted by molar-refractivity contribution is -0.117. The van der Waals surface area contributed by atoms with Crippen molar-refractivity contribution in [3.63, 3.8) is 0 Å². The SMILES string of the molecule is CC(=O)C(c1ccc(C)cc1)c1ccc(F)c(C)c1. The molecule has 1 unspecified atom stereocenters. The van der Waals surface area contributed by atoms with Crippen LogP contribution < -0.4 is 0 Å². The first-order valence-electron chi connectivity index (χ1n) is 6.32. The number of Topliss-reactive ketones (excluding diaryl/α,β-unsaturated/α-hetero) is 1. The molecule has 1 atom stereocenters. The maximum Gasteiger partial charge on any atom is 0.141 e. The van der Waals surface area contributed by atoms with E-state index in [1.807, 2.05) is 31.2 Å². The van der Waals surface area contributed by atoms with Gasteiger partial charge >= 0.3 is 0 Å². The van der Waals surface area contributed by atoms with Gasteiger partial charge in [0.1, 0.15) is 11.6 Å². The van der Waals surface area contributed by atoms with E-state index in [1.54, 1.807) is 26.0 Å². The van der Waals surface area contributed by atoms with Gasteiger partial charge in [-0.05, 0) is 43.5 Å². The largest absolute Gasteiger partial charge is 0.299 e. The van der Waals surface area contributed by atoms with Crippen LogP contribution in [0.4, 0.5) is 4.39 Å². The summed E-state index contributed by atoms with van der Waals surface area (Å²) in [5.74, 6) is -0.496. The van der Waals surface area contributed by atoms with Crippen molar-refractivity contribution in [3.05, 3.63) is 70.5 Å². The molecule has 0 aliphatic heterocycles. The van der Waals surface area contributed by atoms with Crippen LogP contribution in [-0.4, -0.2) is 5.78 Å². The molecule has 98 valence electrons. The molecule has 0 aromatic heterocycles. The zero-order valence-corrected chi connectivity index (χ0v) is 11.4. The van der Waals surface area contributed by atoms with Crippen LogP contribution >= 0.6 is 0 Å². The molecule has 0 aliphatic rings. The lowest BCUT2D eigenvalue weighted by atomic mass is 9.87. The number of rotatable bonds is 3. The second-order valence-electron chi connectivity index (χ2n) is 4.96. The van der Waals surface area contributed by atoms with Gasteiger partial charge in [0.05, 0.1) is 5.92 Å². The summed E-state index contributed by atoms with van der Waals surface area (Å²) in [6, 6.07) is 12.8. The van der Waals surface area contributed by atoms with Crippen LogP contribution in [0, 0.1) is 19.7 Å². The van der Waals surface area contributed by atoms with Crippen molar-refractivity contribution < 1.29 is 9.18 Å². The fourth-order valence-electron chi connectivity index (χ4n) is 2.27. The molecule has 1 nitrogen and oxygen atoms in total. The van der Waals surface area contributed by atoms with E-state index in [9.17, 15) is 9.18 Å². The van der Waals surface area contributed by atoms with Gasteiger partial charge in [0, 0.05) is 0 Å². The van der Waals surface area contributed by atoms with Crippen LogP contribution in [0.15, 0.2) is 42.5 Å². The van der Waals surface area contributed by atoms with Gasteiger partial charge in [0.2, 0.25) is 0 Å². The molecule has 0 bridgehead atoms. The molecule has 19 heavy (non-hydrogen) atoms. The summed E-state index contributed by atoms with van der Waals surface area (Å²) in [7, 11) is 0. The molecule has 2 aromatic rings. The molecule has 0 fully saturated rings. The fraction of sp³-hybridized carbons (Fsp3) is 0.235. The highest BCUT2D eigenvalue weighted by atomic mass is 19.1. The van der Waals surface area contributed by atoms with Crippen molar-refractivity contribution in [2.45, 2.75) is 26.7 Å². The molecule has 0 spiro atoms. The van der Waals surface area contributed by atoms with Gasteiger partial charge < -0.3 is 0 Å². The van der Waals surface area contributed by atoms with E-state index >= 15 is 0 Å². The highest BCUT2D eigenvalue weighted by Crippen LogP contribution is 2.27. The van der Waals surface area contributed by atoms with Gasteiger partial charge in [-0.3, -0.25) is 4.79 Å². The van der Waals surface area contributed by atoms with Crippen molar-refractivity contribution in [2.75, 3.05) is 0 Å². The maximum absolute atomic E-state index is 13.3. The average molecular weight is 256 g/mol. The molecular weight excluding hydrogens is 239 g/mol. The molecule has 0 amide bonds. The first-order valence-corrected chi connectivity index (χ1v) is 6.32. The quantitative estimate of drug-likeness (QED) is 0.805. The Balaban J connectivity index is 2.48. The molecule has 0 saturated heterocycles. The van der Waals surface area contributed by atoms with E-state index in [0.29, 0.717) is 5.56 Å². The second-order valence-corrected chi connectivity index (χ2v) is 4.96. The standard InChI is InChI=1S/C17H17FO/c1-11-4-6-14(7-5-11)17(13(3)19)15-8-9-16(18)12(2)10-15/h4-10,17H,1-3H3. The molecular formula is C17H17FO. The number of carbonyl (C=O) groups excluding carboxylic acids is 1. The van der Waals surface area contributed by atoms with E-state index in [4.69, 9.17) is 0 Å². The highest BCUT2D eigenvalue weighted by Gasteiger charge is 2.19. The topological polar surface area (TPSA) is 17.1 Å². The first kappa shape index (κ1) is 13.5. The number of aryl methyl sites for hydroxylation is 2. The summed E-state index contributed by atoms with van der Waals surface area (Å²) < 4.78 is 13.3. The molecule has 0 N–H and O–H groups in total. The van der Waals surface area contributed by atoms with Crippen molar-refractivity contribution in [2.24, 2.45) is 0 Å². The number of hydrogen-bond donors (Lipinski definition) is 0.